The number of hydrogen-bond donors (Lipinski definition) is 2. The molecule has 0 saturated heterocycles. The van der Waals surface area contributed by atoms with E-state index in [2.05, 4.69) is 31.4 Å². The Bertz CT molecular complexity index is 241. The Morgan fingerprint density at radius 3 is 2.17 bits per heavy atom. The van der Waals surface area contributed by atoms with E-state index in [1.165, 1.54) is 25.7 Å². The van der Waals surface area contributed by atoms with Gasteiger partial charge >= 0.3 is 0 Å². The van der Waals surface area contributed by atoms with E-state index in [1.807, 2.05) is 20.8 Å². The fourth-order valence-electron chi connectivity index (χ4n) is 1.92. The van der Waals surface area contributed by atoms with Crippen molar-refractivity contribution >= 4 is 5.91 Å². The monoisotopic (exact) mass is 256 g/mol. The molecule has 0 atom stereocenters. The van der Waals surface area contributed by atoms with Gasteiger partial charge in [-0.15, -0.1) is 0 Å². The first kappa shape index (κ1) is 17.4. The van der Waals surface area contributed by atoms with Gasteiger partial charge in [0.2, 0.25) is 5.91 Å². The molecule has 0 unspecified atom stereocenters. The Balaban J connectivity index is 3.78. The molecule has 0 radical (unpaired) electrons. The molecule has 2 N–H and O–H groups in total. The van der Waals surface area contributed by atoms with E-state index in [1.54, 1.807) is 0 Å². The van der Waals surface area contributed by atoms with Crippen molar-refractivity contribution in [2.45, 2.75) is 72.8 Å². The summed E-state index contributed by atoms with van der Waals surface area (Å²) in [5, 5.41) is 6.22. The van der Waals surface area contributed by atoms with Gasteiger partial charge in [-0.05, 0) is 32.6 Å². The first-order chi connectivity index (χ1) is 8.16. The van der Waals surface area contributed by atoms with Crippen LogP contribution in [0.4, 0.5) is 0 Å². The zero-order valence-electron chi connectivity index (χ0n) is 13.2. The molecule has 18 heavy (non-hydrogen) atoms. The average Bonchev–Trinajstić information content (AvgIpc) is 2.14. The summed E-state index contributed by atoms with van der Waals surface area (Å²) < 4.78 is 0. The van der Waals surface area contributed by atoms with Crippen LogP contribution in [0, 0.1) is 5.41 Å². The normalized spacial score (nSPS) is 12.6. The molecule has 0 saturated carbocycles. The van der Waals surface area contributed by atoms with Crippen LogP contribution in [0.15, 0.2) is 0 Å². The lowest BCUT2D eigenvalue weighted by atomic mass is 9.87. The minimum absolute atomic E-state index is 0.0758. The lowest BCUT2D eigenvalue weighted by molar-refractivity contribution is -0.121. The Morgan fingerprint density at radius 1 is 1.06 bits per heavy atom. The largest absolute Gasteiger partial charge is 0.350 e. The molecular weight excluding hydrogens is 224 g/mol. The van der Waals surface area contributed by atoms with Gasteiger partial charge in [0.1, 0.15) is 0 Å². The molecule has 0 rings (SSSR count). The molecule has 0 spiro atoms. The molecule has 0 bridgehead atoms. The summed E-state index contributed by atoms with van der Waals surface area (Å²) in [6.07, 6.45) is 5.06. The molecule has 3 nitrogen and oxygen atoms in total. The number of carbonyl (C=O) groups is 1. The van der Waals surface area contributed by atoms with Gasteiger partial charge in [0, 0.05) is 12.1 Å². The third-order valence-electron chi connectivity index (χ3n) is 2.86. The van der Waals surface area contributed by atoms with E-state index >= 15 is 0 Å². The highest BCUT2D eigenvalue weighted by molar-refractivity contribution is 5.78. The van der Waals surface area contributed by atoms with Crippen molar-refractivity contribution in [2.24, 2.45) is 5.41 Å². The second-order valence-corrected chi connectivity index (χ2v) is 7.02. The van der Waals surface area contributed by atoms with Crippen LogP contribution in [0.1, 0.15) is 67.2 Å². The minimum atomic E-state index is -0.143. The molecule has 0 aliphatic heterocycles. The fraction of sp³-hybridized carbons (Fsp3) is 0.933. The predicted molar refractivity (Wildman–Crippen MR) is 78.7 cm³/mol. The maximum absolute atomic E-state index is 11.6. The molecule has 0 aliphatic rings. The van der Waals surface area contributed by atoms with Crippen LogP contribution in [0.3, 0.4) is 0 Å². The quantitative estimate of drug-likeness (QED) is 0.655. The number of amides is 1. The summed E-state index contributed by atoms with van der Waals surface area (Å²) in [7, 11) is 0. The van der Waals surface area contributed by atoms with Crippen LogP contribution in [-0.4, -0.2) is 24.5 Å². The Morgan fingerprint density at radius 2 is 1.67 bits per heavy atom. The van der Waals surface area contributed by atoms with Gasteiger partial charge in [0.05, 0.1) is 6.54 Å². The van der Waals surface area contributed by atoms with Crippen molar-refractivity contribution in [3.8, 4) is 0 Å². The first-order valence-corrected chi connectivity index (χ1v) is 7.18. The molecule has 3 heteroatoms. The maximum Gasteiger partial charge on any atom is 0.234 e. The van der Waals surface area contributed by atoms with E-state index in [0.29, 0.717) is 6.54 Å². The highest BCUT2D eigenvalue weighted by Crippen LogP contribution is 2.22. The Hall–Kier alpha value is -0.570. The molecule has 0 heterocycles. The number of hydrogen-bond acceptors (Lipinski definition) is 2. The van der Waals surface area contributed by atoms with Crippen molar-refractivity contribution in [3.63, 3.8) is 0 Å². The number of unbranched alkanes of at least 4 members (excludes halogenated alkanes) is 2. The van der Waals surface area contributed by atoms with Gasteiger partial charge in [0.25, 0.3) is 0 Å². The number of rotatable bonds is 8. The van der Waals surface area contributed by atoms with E-state index in [0.717, 1.165) is 6.54 Å². The topological polar surface area (TPSA) is 41.1 Å². The van der Waals surface area contributed by atoms with Crippen molar-refractivity contribution < 1.29 is 4.79 Å². The van der Waals surface area contributed by atoms with E-state index < -0.39 is 0 Å². The van der Waals surface area contributed by atoms with Crippen LogP contribution in [0.5, 0.6) is 0 Å². The van der Waals surface area contributed by atoms with Crippen LogP contribution in [-0.2, 0) is 4.79 Å². The molecule has 1 amide bonds. The molecule has 0 aromatic carbocycles. The van der Waals surface area contributed by atoms with Gasteiger partial charge in [0.15, 0.2) is 0 Å². The summed E-state index contributed by atoms with van der Waals surface area (Å²) >= 11 is 0. The van der Waals surface area contributed by atoms with Crippen LogP contribution in [0.25, 0.3) is 0 Å². The second-order valence-electron chi connectivity index (χ2n) is 7.02. The highest BCUT2D eigenvalue weighted by atomic mass is 16.2. The predicted octanol–water partition coefficient (Wildman–Crippen LogP) is 3.10. The summed E-state index contributed by atoms with van der Waals surface area (Å²) in [4.78, 5) is 11.6. The molecule has 0 fully saturated rings. The van der Waals surface area contributed by atoms with Crippen molar-refractivity contribution in [2.75, 3.05) is 13.1 Å². The van der Waals surface area contributed by atoms with Crippen molar-refractivity contribution in [1.29, 1.82) is 0 Å². The summed E-state index contributed by atoms with van der Waals surface area (Å²) in [5.41, 5.74) is 0.132. The SMILES string of the molecule is CCCCCC(C)(C)CNCC(=O)NC(C)(C)C. The standard InChI is InChI=1S/C15H32N2O/c1-7-8-9-10-15(5,6)12-16-11-13(18)17-14(2,3)4/h16H,7-12H2,1-6H3,(H,17,18). The van der Waals surface area contributed by atoms with Gasteiger partial charge in [-0.3, -0.25) is 4.79 Å². The maximum atomic E-state index is 11.6. The second kappa shape index (κ2) is 7.78. The average molecular weight is 256 g/mol. The lowest BCUT2D eigenvalue weighted by Gasteiger charge is -2.26. The Kier molecular flexibility index (Phi) is 7.53. The third kappa shape index (κ3) is 10.6. The van der Waals surface area contributed by atoms with Crippen molar-refractivity contribution in [3.05, 3.63) is 0 Å². The summed E-state index contributed by atoms with van der Waals surface area (Å²) in [6, 6.07) is 0. The molecule has 0 aromatic heterocycles. The van der Waals surface area contributed by atoms with Crippen LogP contribution < -0.4 is 10.6 Å². The number of carbonyl (C=O) groups excluding carboxylic acids is 1. The van der Waals surface area contributed by atoms with E-state index in [-0.39, 0.29) is 16.9 Å². The van der Waals surface area contributed by atoms with Crippen LogP contribution in [0.2, 0.25) is 0 Å². The summed E-state index contributed by atoms with van der Waals surface area (Å²) in [5.74, 6) is 0.0758. The van der Waals surface area contributed by atoms with Gasteiger partial charge in [-0.1, -0.05) is 40.0 Å². The molecular formula is C15H32N2O. The molecule has 0 aliphatic carbocycles. The van der Waals surface area contributed by atoms with Gasteiger partial charge in [-0.2, -0.15) is 0 Å². The van der Waals surface area contributed by atoms with Crippen LogP contribution >= 0.6 is 0 Å². The number of nitrogens with one attached hydrogen (secondary N) is 2. The molecule has 0 aromatic rings. The smallest absolute Gasteiger partial charge is 0.234 e. The van der Waals surface area contributed by atoms with Gasteiger partial charge in [-0.25, -0.2) is 0 Å². The van der Waals surface area contributed by atoms with E-state index in [9.17, 15) is 4.79 Å². The minimum Gasteiger partial charge on any atom is -0.350 e. The Labute approximate surface area is 113 Å². The zero-order chi connectivity index (χ0) is 14.2. The lowest BCUT2D eigenvalue weighted by Crippen LogP contribution is -2.46. The highest BCUT2D eigenvalue weighted by Gasteiger charge is 2.18. The fourth-order valence-corrected chi connectivity index (χ4v) is 1.92. The van der Waals surface area contributed by atoms with E-state index in [4.69, 9.17) is 0 Å². The van der Waals surface area contributed by atoms with Gasteiger partial charge < -0.3 is 10.6 Å². The third-order valence-corrected chi connectivity index (χ3v) is 2.86. The van der Waals surface area contributed by atoms with Crippen molar-refractivity contribution in [1.82, 2.24) is 10.6 Å². The first-order valence-electron chi connectivity index (χ1n) is 7.18. The summed E-state index contributed by atoms with van der Waals surface area (Å²) in [6.45, 7) is 14.1. The zero-order valence-corrected chi connectivity index (χ0v) is 13.2. The molecule has 108 valence electrons.